The second-order valence-electron chi connectivity index (χ2n) is 8.81. The summed E-state index contributed by atoms with van der Waals surface area (Å²) in [6.45, 7) is 8.35. The first-order valence-electron chi connectivity index (χ1n) is 9.45. The third-order valence-corrected chi connectivity index (χ3v) is 7.12. The maximum atomic E-state index is 12.2. The van der Waals surface area contributed by atoms with E-state index >= 15 is 0 Å². The fraction of sp³-hybridized carbons (Fsp3) is 0.722. The van der Waals surface area contributed by atoms with Gasteiger partial charge in [-0.25, -0.2) is 9.78 Å². The molecule has 0 atom stereocenters. The summed E-state index contributed by atoms with van der Waals surface area (Å²) in [6, 6.07) is 0. The monoisotopic (exact) mass is 503 g/mol. The van der Waals surface area contributed by atoms with Crippen molar-refractivity contribution in [3.8, 4) is 0 Å². The van der Waals surface area contributed by atoms with Gasteiger partial charge in [-0.05, 0) is 80.4 Å². The van der Waals surface area contributed by atoms with E-state index < -0.39 is 5.60 Å². The van der Waals surface area contributed by atoms with Crippen molar-refractivity contribution in [1.82, 2.24) is 19.5 Å². The Morgan fingerprint density at radius 3 is 2.74 bits per heavy atom. The van der Waals surface area contributed by atoms with Crippen LogP contribution in [0.5, 0.6) is 0 Å². The predicted octanol–water partition coefficient (Wildman–Crippen LogP) is 4.23. The molecule has 1 amide bonds. The highest BCUT2D eigenvalue weighted by Gasteiger charge is 2.46. The number of imidazole rings is 1. The molecular weight excluding hydrogens is 477 g/mol. The molecule has 1 saturated carbocycles. The average Bonchev–Trinajstić information content (AvgIpc) is 3.11. The fourth-order valence-electron chi connectivity index (χ4n) is 4.18. The Labute approximate surface area is 177 Å². The molecule has 3 heterocycles. The Hall–Kier alpha value is -1.10. The molecule has 27 heavy (non-hydrogen) atoms. The first-order valence-corrected chi connectivity index (χ1v) is 11.3. The number of halogens is 1. The maximum absolute atomic E-state index is 12.2. The number of hydrogen-bond donors (Lipinski definition) is 1. The van der Waals surface area contributed by atoms with E-state index in [0.29, 0.717) is 11.3 Å². The van der Waals surface area contributed by atoms with Gasteiger partial charge in [-0.15, -0.1) is 5.10 Å². The van der Waals surface area contributed by atoms with Gasteiger partial charge < -0.3 is 15.0 Å². The number of nitrogens with one attached hydrogen (secondary N) is 1. The quantitative estimate of drug-likeness (QED) is 0.635. The van der Waals surface area contributed by atoms with Crippen LogP contribution in [0.25, 0.3) is 4.96 Å². The molecule has 148 valence electrons. The van der Waals surface area contributed by atoms with E-state index in [2.05, 4.69) is 38.0 Å². The van der Waals surface area contributed by atoms with E-state index in [1.807, 2.05) is 36.4 Å². The molecule has 2 fully saturated rings. The highest BCUT2D eigenvalue weighted by Crippen LogP contribution is 2.52. The smallest absolute Gasteiger partial charge is 0.410 e. The van der Waals surface area contributed by atoms with E-state index in [9.17, 15) is 4.79 Å². The van der Waals surface area contributed by atoms with E-state index in [4.69, 9.17) is 4.74 Å². The number of ether oxygens (including phenoxy) is 1. The molecule has 2 aromatic heterocycles. The Morgan fingerprint density at radius 2 is 2.11 bits per heavy atom. The Bertz CT molecular complexity index is 827. The van der Waals surface area contributed by atoms with Crippen LogP contribution in [0.2, 0.25) is 0 Å². The van der Waals surface area contributed by atoms with Crippen molar-refractivity contribution in [2.75, 3.05) is 25.0 Å². The topological polar surface area (TPSA) is 71.8 Å². The van der Waals surface area contributed by atoms with Crippen LogP contribution in [0.15, 0.2) is 6.20 Å². The lowest BCUT2D eigenvalue weighted by Gasteiger charge is -2.52. The van der Waals surface area contributed by atoms with Gasteiger partial charge in [-0.2, -0.15) is 4.52 Å². The van der Waals surface area contributed by atoms with Gasteiger partial charge in [0.1, 0.15) is 9.30 Å². The third-order valence-electron chi connectivity index (χ3n) is 5.50. The zero-order chi connectivity index (χ0) is 19.2. The zero-order valence-electron chi connectivity index (χ0n) is 16.0. The second kappa shape index (κ2) is 7.06. The summed E-state index contributed by atoms with van der Waals surface area (Å²) in [4.78, 5) is 19.4. The van der Waals surface area contributed by atoms with Crippen LogP contribution in [0, 0.1) is 15.0 Å². The predicted molar refractivity (Wildman–Crippen MR) is 114 cm³/mol. The van der Waals surface area contributed by atoms with Gasteiger partial charge in [0.25, 0.3) is 0 Å². The average molecular weight is 503 g/mol. The summed E-state index contributed by atoms with van der Waals surface area (Å²) in [5.74, 6) is 0.688. The van der Waals surface area contributed by atoms with Gasteiger partial charge in [0.2, 0.25) is 10.1 Å². The summed E-state index contributed by atoms with van der Waals surface area (Å²) < 4.78 is 8.41. The number of piperidine rings is 1. The number of amides is 1. The van der Waals surface area contributed by atoms with E-state index in [1.165, 1.54) is 12.8 Å². The number of nitrogens with zero attached hydrogens (tertiary/aromatic N) is 4. The molecule has 2 aliphatic rings. The molecule has 0 unspecified atom stereocenters. The number of likely N-dealkylation sites (tertiary alicyclic amines) is 1. The van der Waals surface area contributed by atoms with Gasteiger partial charge in [-0.3, -0.25) is 0 Å². The number of aromatic nitrogens is 3. The molecule has 9 heteroatoms. The molecule has 1 aliphatic carbocycles. The minimum absolute atomic E-state index is 0.168. The van der Waals surface area contributed by atoms with Gasteiger partial charge >= 0.3 is 6.09 Å². The van der Waals surface area contributed by atoms with Crippen molar-refractivity contribution in [2.24, 2.45) is 11.3 Å². The van der Waals surface area contributed by atoms with Crippen LogP contribution < -0.4 is 5.32 Å². The number of fused-ring (bicyclic) bond motifs is 1. The minimum Gasteiger partial charge on any atom is -0.444 e. The standard InChI is InChI=1S/C18H26IN5O2S/c1-17(2,3)26-16(25)23-6-4-18(5-7-23)8-12(9-18)10-20-14-22-24-13(19)11-21-15(24)27-14/h11-12H,4-10H2,1-3H3,(H,20,22). The summed E-state index contributed by atoms with van der Waals surface area (Å²) in [5.41, 5.74) is 0.00655. The summed E-state index contributed by atoms with van der Waals surface area (Å²) in [6.07, 6.45) is 6.32. The van der Waals surface area contributed by atoms with E-state index in [0.717, 1.165) is 46.3 Å². The molecular formula is C18H26IN5O2S. The van der Waals surface area contributed by atoms with Gasteiger partial charge in [0.05, 0.1) is 6.20 Å². The SMILES string of the molecule is CC(C)(C)OC(=O)N1CCC2(CC1)CC(CNc1nn3c(I)cnc3s1)C2. The van der Waals surface area contributed by atoms with Crippen LogP contribution in [0.1, 0.15) is 46.5 Å². The number of carbonyl (C=O) groups is 1. The maximum Gasteiger partial charge on any atom is 0.410 e. The lowest BCUT2D eigenvalue weighted by Crippen LogP contribution is -2.50. The molecule has 2 aromatic rings. The molecule has 0 aromatic carbocycles. The van der Waals surface area contributed by atoms with Gasteiger partial charge in [-0.1, -0.05) is 11.3 Å². The van der Waals surface area contributed by atoms with E-state index in [1.54, 1.807) is 11.3 Å². The third kappa shape index (κ3) is 4.18. The number of rotatable bonds is 3. The van der Waals surface area contributed by atoms with Crippen LogP contribution in [-0.4, -0.2) is 50.8 Å². The number of anilines is 1. The summed E-state index contributed by atoms with van der Waals surface area (Å²) in [5, 5.41) is 8.99. The minimum atomic E-state index is -0.422. The highest BCUT2D eigenvalue weighted by atomic mass is 127. The Balaban J connectivity index is 1.22. The first kappa shape index (κ1) is 19.2. The van der Waals surface area contributed by atoms with Crippen molar-refractivity contribution in [2.45, 2.75) is 52.1 Å². The van der Waals surface area contributed by atoms with Crippen LogP contribution in [0.4, 0.5) is 9.93 Å². The van der Waals surface area contributed by atoms with Gasteiger partial charge in [0, 0.05) is 19.6 Å². The van der Waals surface area contributed by atoms with Gasteiger partial charge in [0.15, 0.2) is 0 Å². The lowest BCUT2D eigenvalue weighted by molar-refractivity contribution is -0.0241. The largest absolute Gasteiger partial charge is 0.444 e. The van der Waals surface area contributed by atoms with Crippen molar-refractivity contribution in [3.63, 3.8) is 0 Å². The Kier molecular flexibility index (Phi) is 5.02. The first-order chi connectivity index (χ1) is 12.7. The summed E-state index contributed by atoms with van der Waals surface area (Å²) >= 11 is 3.84. The van der Waals surface area contributed by atoms with Crippen molar-refractivity contribution in [3.05, 3.63) is 9.90 Å². The van der Waals surface area contributed by atoms with E-state index in [-0.39, 0.29) is 6.09 Å². The number of hydrogen-bond acceptors (Lipinski definition) is 6. The van der Waals surface area contributed by atoms with Crippen molar-refractivity contribution in [1.29, 1.82) is 0 Å². The zero-order valence-corrected chi connectivity index (χ0v) is 19.0. The second-order valence-corrected chi connectivity index (χ2v) is 10.9. The van der Waals surface area contributed by atoms with Crippen molar-refractivity contribution >= 4 is 50.1 Å². The molecule has 1 saturated heterocycles. The molecule has 7 nitrogen and oxygen atoms in total. The molecule has 1 N–H and O–H groups in total. The molecule has 1 aliphatic heterocycles. The fourth-order valence-corrected chi connectivity index (χ4v) is 5.60. The summed E-state index contributed by atoms with van der Waals surface area (Å²) in [7, 11) is 0. The lowest BCUT2D eigenvalue weighted by atomic mass is 9.57. The number of carbonyl (C=O) groups excluding carboxylic acids is 1. The van der Waals surface area contributed by atoms with Crippen LogP contribution in [-0.2, 0) is 4.74 Å². The molecule has 0 radical (unpaired) electrons. The molecule has 1 spiro atoms. The molecule has 4 rings (SSSR count). The normalized spacial score (nSPS) is 20.1. The highest BCUT2D eigenvalue weighted by molar-refractivity contribution is 14.1. The van der Waals surface area contributed by atoms with Crippen molar-refractivity contribution < 1.29 is 9.53 Å². The molecule has 0 bridgehead atoms. The Morgan fingerprint density at radius 1 is 1.41 bits per heavy atom. The van der Waals surface area contributed by atoms with Crippen LogP contribution >= 0.6 is 33.9 Å². The van der Waals surface area contributed by atoms with Crippen LogP contribution in [0.3, 0.4) is 0 Å².